The highest BCUT2D eigenvalue weighted by Gasteiger charge is 2.04. The van der Waals surface area contributed by atoms with Crippen molar-refractivity contribution in [1.82, 2.24) is 19.6 Å². The molecule has 0 aliphatic heterocycles. The Morgan fingerprint density at radius 3 is 2.63 bits per heavy atom. The van der Waals surface area contributed by atoms with Crippen molar-refractivity contribution in [2.24, 2.45) is 0 Å². The van der Waals surface area contributed by atoms with Crippen LogP contribution in [0.3, 0.4) is 0 Å². The number of halogens is 1. The van der Waals surface area contributed by atoms with Gasteiger partial charge in [0, 0.05) is 43.7 Å². The monoisotopic (exact) mass is 283 g/mol. The van der Waals surface area contributed by atoms with Crippen LogP contribution in [0.15, 0.2) is 18.5 Å². The predicted molar refractivity (Wildman–Crippen MR) is 79.7 cm³/mol. The standard InChI is InChI=1S/C13H21N5.ClH/c1-4-7-18-8-6-13(16-18)14-9-12-10-17(5-2)15-11(12)3;/h6,8,10H,4-5,7,9H2,1-3H3,(H,14,16);1H. The molecule has 2 rings (SSSR count). The van der Waals surface area contributed by atoms with Gasteiger partial charge in [0.15, 0.2) is 0 Å². The lowest BCUT2D eigenvalue weighted by Gasteiger charge is -2.01. The van der Waals surface area contributed by atoms with E-state index in [4.69, 9.17) is 0 Å². The third-order valence-electron chi connectivity index (χ3n) is 2.93. The van der Waals surface area contributed by atoms with E-state index in [1.54, 1.807) is 0 Å². The van der Waals surface area contributed by atoms with Gasteiger partial charge in [-0.15, -0.1) is 12.4 Å². The van der Waals surface area contributed by atoms with Gasteiger partial charge < -0.3 is 5.32 Å². The van der Waals surface area contributed by atoms with Crippen molar-refractivity contribution in [3.63, 3.8) is 0 Å². The molecule has 0 atom stereocenters. The third-order valence-corrected chi connectivity index (χ3v) is 2.93. The van der Waals surface area contributed by atoms with E-state index in [0.29, 0.717) is 0 Å². The van der Waals surface area contributed by atoms with Gasteiger partial charge in [-0.3, -0.25) is 9.36 Å². The average molecular weight is 284 g/mol. The van der Waals surface area contributed by atoms with E-state index >= 15 is 0 Å². The maximum absolute atomic E-state index is 4.45. The minimum Gasteiger partial charge on any atom is -0.364 e. The Morgan fingerprint density at radius 2 is 2.00 bits per heavy atom. The van der Waals surface area contributed by atoms with E-state index in [0.717, 1.165) is 37.6 Å². The summed E-state index contributed by atoms with van der Waals surface area (Å²) in [5.74, 6) is 0.923. The van der Waals surface area contributed by atoms with Gasteiger partial charge in [0.05, 0.1) is 5.69 Å². The smallest absolute Gasteiger partial charge is 0.148 e. The highest BCUT2D eigenvalue weighted by Crippen LogP contribution is 2.09. The van der Waals surface area contributed by atoms with E-state index in [1.165, 1.54) is 5.56 Å². The van der Waals surface area contributed by atoms with Crippen molar-refractivity contribution in [3.05, 3.63) is 29.7 Å². The average Bonchev–Trinajstić information content (AvgIpc) is 2.94. The van der Waals surface area contributed by atoms with Crippen LogP contribution < -0.4 is 5.32 Å². The first-order valence-corrected chi connectivity index (χ1v) is 6.53. The van der Waals surface area contributed by atoms with Gasteiger partial charge in [-0.25, -0.2) is 0 Å². The quantitative estimate of drug-likeness (QED) is 0.887. The molecule has 0 aliphatic carbocycles. The predicted octanol–water partition coefficient (Wildman–Crippen LogP) is 2.85. The van der Waals surface area contributed by atoms with Crippen LogP contribution in [-0.2, 0) is 19.6 Å². The van der Waals surface area contributed by atoms with Crippen LogP contribution in [0, 0.1) is 6.92 Å². The molecule has 0 bridgehead atoms. The van der Waals surface area contributed by atoms with Crippen LogP contribution in [0.5, 0.6) is 0 Å². The second-order valence-corrected chi connectivity index (χ2v) is 4.41. The van der Waals surface area contributed by atoms with Crippen LogP contribution in [0.1, 0.15) is 31.5 Å². The van der Waals surface area contributed by atoms with Crippen LogP contribution in [0.4, 0.5) is 5.82 Å². The first kappa shape index (κ1) is 15.6. The van der Waals surface area contributed by atoms with Gasteiger partial charge in [-0.2, -0.15) is 10.2 Å². The molecule has 0 saturated heterocycles. The molecule has 5 nitrogen and oxygen atoms in total. The molecule has 2 aromatic rings. The van der Waals surface area contributed by atoms with Crippen molar-refractivity contribution in [1.29, 1.82) is 0 Å². The Hall–Kier alpha value is -1.49. The van der Waals surface area contributed by atoms with Crippen molar-refractivity contribution in [3.8, 4) is 0 Å². The number of hydrogen-bond acceptors (Lipinski definition) is 3. The van der Waals surface area contributed by atoms with Crippen molar-refractivity contribution < 1.29 is 0 Å². The molecule has 2 heterocycles. The summed E-state index contributed by atoms with van der Waals surface area (Å²) in [5, 5.41) is 12.2. The van der Waals surface area contributed by atoms with Crippen LogP contribution in [0.25, 0.3) is 0 Å². The normalized spacial score (nSPS) is 10.3. The molecule has 0 radical (unpaired) electrons. The lowest BCUT2D eigenvalue weighted by atomic mass is 10.2. The minimum atomic E-state index is 0. The Balaban J connectivity index is 0.00000180. The summed E-state index contributed by atoms with van der Waals surface area (Å²) in [5.41, 5.74) is 2.30. The molecule has 0 amide bonds. The second kappa shape index (κ2) is 7.19. The summed E-state index contributed by atoms with van der Waals surface area (Å²) < 4.78 is 3.92. The number of rotatable bonds is 6. The number of aryl methyl sites for hydroxylation is 3. The summed E-state index contributed by atoms with van der Waals surface area (Å²) in [6, 6.07) is 2.01. The van der Waals surface area contributed by atoms with Crippen LogP contribution in [0.2, 0.25) is 0 Å². The molecule has 106 valence electrons. The van der Waals surface area contributed by atoms with Gasteiger partial charge >= 0.3 is 0 Å². The minimum absolute atomic E-state index is 0. The lowest BCUT2D eigenvalue weighted by molar-refractivity contribution is 0.604. The summed E-state index contributed by atoms with van der Waals surface area (Å²) in [7, 11) is 0. The van der Waals surface area contributed by atoms with E-state index in [1.807, 2.05) is 28.6 Å². The topological polar surface area (TPSA) is 47.7 Å². The molecule has 0 unspecified atom stereocenters. The van der Waals surface area contributed by atoms with Gasteiger partial charge in [0.1, 0.15) is 5.82 Å². The Kier molecular flexibility index (Phi) is 5.89. The number of nitrogens with zero attached hydrogens (tertiary/aromatic N) is 4. The number of hydrogen-bond donors (Lipinski definition) is 1. The summed E-state index contributed by atoms with van der Waals surface area (Å²) in [4.78, 5) is 0. The van der Waals surface area contributed by atoms with Crippen molar-refractivity contribution in [2.45, 2.75) is 46.8 Å². The summed E-state index contributed by atoms with van der Waals surface area (Å²) >= 11 is 0. The molecule has 0 aliphatic rings. The Morgan fingerprint density at radius 1 is 1.21 bits per heavy atom. The number of nitrogens with one attached hydrogen (secondary N) is 1. The molecular formula is C13H22ClN5. The molecule has 19 heavy (non-hydrogen) atoms. The fourth-order valence-electron chi connectivity index (χ4n) is 1.89. The Bertz CT molecular complexity index is 503. The molecule has 0 spiro atoms. The van der Waals surface area contributed by atoms with Gasteiger partial charge in [-0.1, -0.05) is 6.92 Å². The first-order valence-electron chi connectivity index (χ1n) is 6.53. The fourth-order valence-corrected chi connectivity index (χ4v) is 1.89. The molecule has 6 heteroatoms. The zero-order chi connectivity index (χ0) is 13.0. The Labute approximate surface area is 120 Å². The SMILES string of the molecule is CCCn1ccc(NCc2cn(CC)nc2C)n1.Cl. The molecule has 1 N–H and O–H groups in total. The van der Waals surface area contributed by atoms with Gasteiger partial charge in [-0.05, 0) is 20.3 Å². The van der Waals surface area contributed by atoms with E-state index in [9.17, 15) is 0 Å². The molecule has 0 saturated carbocycles. The highest BCUT2D eigenvalue weighted by atomic mass is 35.5. The van der Waals surface area contributed by atoms with Gasteiger partial charge in [0.2, 0.25) is 0 Å². The zero-order valence-electron chi connectivity index (χ0n) is 11.8. The first-order chi connectivity index (χ1) is 8.72. The lowest BCUT2D eigenvalue weighted by Crippen LogP contribution is -2.02. The van der Waals surface area contributed by atoms with E-state index in [-0.39, 0.29) is 12.4 Å². The number of anilines is 1. The van der Waals surface area contributed by atoms with E-state index < -0.39 is 0 Å². The largest absolute Gasteiger partial charge is 0.364 e. The zero-order valence-corrected chi connectivity index (χ0v) is 12.6. The fraction of sp³-hybridized carbons (Fsp3) is 0.538. The summed E-state index contributed by atoms with van der Waals surface area (Å²) in [6.07, 6.45) is 5.20. The molecular weight excluding hydrogens is 262 g/mol. The second-order valence-electron chi connectivity index (χ2n) is 4.41. The number of aromatic nitrogens is 4. The maximum atomic E-state index is 4.45. The van der Waals surface area contributed by atoms with Crippen molar-refractivity contribution >= 4 is 18.2 Å². The highest BCUT2D eigenvalue weighted by molar-refractivity contribution is 5.85. The molecule has 0 aromatic carbocycles. The van der Waals surface area contributed by atoms with Crippen LogP contribution in [-0.4, -0.2) is 19.6 Å². The third kappa shape index (κ3) is 3.99. The molecule has 2 aromatic heterocycles. The van der Waals surface area contributed by atoms with Crippen LogP contribution >= 0.6 is 12.4 Å². The molecule has 0 fully saturated rings. The maximum Gasteiger partial charge on any atom is 0.148 e. The van der Waals surface area contributed by atoms with Gasteiger partial charge in [0.25, 0.3) is 0 Å². The van der Waals surface area contributed by atoms with E-state index in [2.05, 4.69) is 35.6 Å². The van der Waals surface area contributed by atoms with Crippen molar-refractivity contribution in [2.75, 3.05) is 5.32 Å². The summed E-state index contributed by atoms with van der Waals surface area (Å²) in [6.45, 7) is 8.93.